The van der Waals surface area contributed by atoms with Crippen molar-refractivity contribution in [2.45, 2.75) is 36.1 Å². The molecule has 0 saturated carbocycles. The summed E-state index contributed by atoms with van der Waals surface area (Å²) in [5.74, 6) is -0.688. The Kier molecular flexibility index (Phi) is 6.07. The summed E-state index contributed by atoms with van der Waals surface area (Å²) in [7, 11) is 1.29. The van der Waals surface area contributed by atoms with Gasteiger partial charge in [-0.15, -0.1) is 11.8 Å². The van der Waals surface area contributed by atoms with Crippen molar-refractivity contribution in [1.82, 2.24) is 4.90 Å². The van der Waals surface area contributed by atoms with Gasteiger partial charge >= 0.3 is 0 Å². The average molecular weight is 408 g/mol. The molecule has 0 bridgehead atoms. The Bertz CT molecular complexity index is 660. The molecule has 26 heavy (non-hydrogen) atoms. The van der Waals surface area contributed by atoms with Gasteiger partial charge in [0.15, 0.2) is 6.29 Å². The quantitative estimate of drug-likeness (QED) is 0.668. The van der Waals surface area contributed by atoms with Crippen molar-refractivity contribution < 1.29 is 34.0 Å². The number of hydrogen-bond donors (Lipinski definition) is 3. The van der Waals surface area contributed by atoms with Crippen molar-refractivity contribution in [2.24, 2.45) is 0 Å². The van der Waals surface area contributed by atoms with Crippen LogP contribution in [0.4, 0.5) is 4.39 Å². The molecule has 0 radical (unpaired) electrons. The van der Waals surface area contributed by atoms with E-state index in [-0.39, 0.29) is 28.8 Å². The van der Waals surface area contributed by atoms with Gasteiger partial charge in [-0.05, 0) is 12.1 Å². The number of amides is 1. The Balaban J connectivity index is 1.84. The van der Waals surface area contributed by atoms with Crippen LogP contribution in [0.15, 0.2) is 18.2 Å². The highest BCUT2D eigenvalue weighted by Crippen LogP contribution is 2.43. The van der Waals surface area contributed by atoms with Gasteiger partial charge < -0.3 is 29.7 Å². The molecule has 6 atom stereocenters. The summed E-state index contributed by atoms with van der Waals surface area (Å²) in [6.45, 7) is -0.119. The van der Waals surface area contributed by atoms with Gasteiger partial charge in [-0.3, -0.25) is 4.79 Å². The summed E-state index contributed by atoms with van der Waals surface area (Å²) < 4.78 is 24.7. The fourth-order valence-electron chi connectivity index (χ4n) is 3.09. The van der Waals surface area contributed by atoms with Crippen LogP contribution in [0.1, 0.15) is 10.9 Å². The zero-order valence-electron chi connectivity index (χ0n) is 13.8. The molecule has 0 unspecified atom stereocenters. The lowest BCUT2D eigenvalue weighted by atomic mass is 9.98. The van der Waals surface area contributed by atoms with Crippen molar-refractivity contribution in [1.29, 1.82) is 0 Å². The van der Waals surface area contributed by atoms with Gasteiger partial charge in [0.2, 0.25) is 5.91 Å². The summed E-state index contributed by atoms with van der Waals surface area (Å²) in [6, 6.07) is 4.27. The third-order valence-corrected chi connectivity index (χ3v) is 6.04. The first-order valence-electron chi connectivity index (χ1n) is 7.92. The SMILES string of the molecule is CO[C@H]1O[C@H](CN2C(=O)CS[C@H]2c2c(F)cccc2Cl)[C@@H](O)[C@H](O)[C@H]1O. The second kappa shape index (κ2) is 7.97. The third-order valence-electron chi connectivity index (χ3n) is 4.49. The topological polar surface area (TPSA) is 99.5 Å². The molecule has 7 nitrogen and oxygen atoms in total. The van der Waals surface area contributed by atoms with Gasteiger partial charge in [0.1, 0.15) is 35.6 Å². The summed E-state index contributed by atoms with van der Waals surface area (Å²) in [5.41, 5.74) is 0.180. The summed E-state index contributed by atoms with van der Waals surface area (Å²) in [6.07, 6.45) is -6.54. The number of nitrogens with zero attached hydrogens (tertiary/aromatic N) is 1. The molecule has 2 fully saturated rings. The maximum atomic E-state index is 14.3. The van der Waals surface area contributed by atoms with Crippen molar-refractivity contribution in [2.75, 3.05) is 19.4 Å². The number of aliphatic hydroxyl groups excluding tert-OH is 3. The molecule has 2 aliphatic heterocycles. The van der Waals surface area contributed by atoms with E-state index < -0.39 is 41.9 Å². The zero-order valence-corrected chi connectivity index (χ0v) is 15.4. The molecule has 3 rings (SSSR count). The van der Waals surface area contributed by atoms with E-state index in [2.05, 4.69) is 0 Å². The van der Waals surface area contributed by atoms with Crippen LogP contribution in [0.5, 0.6) is 0 Å². The molecule has 2 aliphatic rings. The van der Waals surface area contributed by atoms with Gasteiger partial charge in [-0.1, -0.05) is 17.7 Å². The Morgan fingerprint density at radius 1 is 1.35 bits per heavy atom. The molecule has 1 amide bonds. The fourth-order valence-corrected chi connectivity index (χ4v) is 4.68. The van der Waals surface area contributed by atoms with Crippen molar-refractivity contribution >= 4 is 29.3 Å². The van der Waals surface area contributed by atoms with Gasteiger partial charge in [0.25, 0.3) is 0 Å². The van der Waals surface area contributed by atoms with E-state index in [4.69, 9.17) is 21.1 Å². The van der Waals surface area contributed by atoms with Gasteiger partial charge in [-0.25, -0.2) is 4.39 Å². The molecule has 0 spiro atoms. The van der Waals surface area contributed by atoms with Crippen LogP contribution in [0.3, 0.4) is 0 Å². The highest BCUT2D eigenvalue weighted by molar-refractivity contribution is 8.00. The molecule has 2 saturated heterocycles. The highest BCUT2D eigenvalue weighted by atomic mass is 35.5. The van der Waals surface area contributed by atoms with Crippen molar-refractivity contribution in [3.63, 3.8) is 0 Å². The Morgan fingerprint density at radius 3 is 2.73 bits per heavy atom. The molecule has 0 aliphatic carbocycles. The van der Waals surface area contributed by atoms with Gasteiger partial charge in [0.05, 0.1) is 12.3 Å². The largest absolute Gasteiger partial charge is 0.388 e. The summed E-state index contributed by atoms with van der Waals surface area (Å²) in [5, 5.41) is 29.5. The van der Waals surface area contributed by atoms with Gasteiger partial charge in [-0.2, -0.15) is 0 Å². The maximum Gasteiger partial charge on any atom is 0.233 e. The monoisotopic (exact) mass is 407 g/mol. The second-order valence-electron chi connectivity index (χ2n) is 6.10. The third kappa shape index (κ3) is 3.57. The molecule has 1 aromatic rings. The molecule has 10 heteroatoms. The standard InChI is InChI=1S/C16H19ClFNO6S/c1-24-16-14(23)13(22)12(21)9(25-16)5-19-10(20)6-26-15(19)11-7(17)3-2-4-8(11)18/h2-4,9,12-16,21-23H,5-6H2,1H3/t9-,12-,13+,14-,15+,16+/m1/s1. The second-order valence-corrected chi connectivity index (χ2v) is 7.57. The Morgan fingerprint density at radius 2 is 2.08 bits per heavy atom. The molecule has 1 aromatic carbocycles. The van der Waals surface area contributed by atoms with Crippen molar-refractivity contribution in [3.05, 3.63) is 34.6 Å². The predicted octanol–water partition coefficient (Wildman–Crippen LogP) is 0.507. The van der Waals surface area contributed by atoms with Crippen LogP contribution in [0.25, 0.3) is 0 Å². The van der Waals surface area contributed by atoms with E-state index in [1.807, 2.05) is 0 Å². The average Bonchev–Trinajstić information content (AvgIpc) is 2.96. The molecular formula is C16H19ClFNO6S. The van der Waals surface area contributed by atoms with Crippen LogP contribution >= 0.6 is 23.4 Å². The predicted molar refractivity (Wildman–Crippen MR) is 92.0 cm³/mol. The first kappa shape index (κ1) is 19.8. The van der Waals surface area contributed by atoms with Gasteiger partial charge in [0, 0.05) is 17.7 Å². The number of aliphatic hydroxyl groups is 3. The summed E-state index contributed by atoms with van der Waals surface area (Å²) >= 11 is 7.33. The maximum absolute atomic E-state index is 14.3. The van der Waals surface area contributed by atoms with E-state index >= 15 is 0 Å². The molecule has 0 aromatic heterocycles. The fraction of sp³-hybridized carbons (Fsp3) is 0.562. The first-order chi connectivity index (χ1) is 12.3. The van der Waals surface area contributed by atoms with E-state index in [1.165, 1.54) is 42.0 Å². The normalized spacial score (nSPS) is 35.2. The van der Waals surface area contributed by atoms with Crippen LogP contribution in [-0.4, -0.2) is 76.2 Å². The van der Waals surface area contributed by atoms with Crippen LogP contribution in [-0.2, 0) is 14.3 Å². The minimum absolute atomic E-state index is 0.119. The number of carbonyl (C=O) groups excluding carboxylic acids is 1. The summed E-state index contributed by atoms with van der Waals surface area (Å²) in [4.78, 5) is 13.7. The van der Waals surface area contributed by atoms with Crippen LogP contribution in [0.2, 0.25) is 5.02 Å². The number of thioether (sulfide) groups is 1. The number of ether oxygens (including phenoxy) is 2. The Labute approximate surface area is 158 Å². The van der Waals surface area contributed by atoms with Crippen molar-refractivity contribution in [3.8, 4) is 0 Å². The highest BCUT2D eigenvalue weighted by Gasteiger charge is 2.46. The number of carbonyl (C=O) groups is 1. The number of rotatable bonds is 4. The minimum Gasteiger partial charge on any atom is -0.388 e. The molecule has 3 N–H and O–H groups in total. The zero-order chi connectivity index (χ0) is 19.0. The number of hydrogen-bond acceptors (Lipinski definition) is 7. The van der Waals surface area contributed by atoms with E-state index in [9.17, 15) is 24.5 Å². The first-order valence-corrected chi connectivity index (χ1v) is 9.35. The van der Waals surface area contributed by atoms with E-state index in [1.54, 1.807) is 0 Å². The lowest BCUT2D eigenvalue weighted by Crippen LogP contribution is -2.60. The van der Waals surface area contributed by atoms with E-state index in [0.29, 0.717) is 0 Å². The van der Waals surface area contributed by atoms with E-state index in [0.717, 1.165) is 0 Å². The van der Waals surface area contributed by atoms with Crippen LogP contribution in [0, 0.1) is 5.82 Å². The molecule has 2 heterocycles. The Hall–Kier alpha value is -0.940. The minimum atomic E-state index is -1.50. The lowest BCUT2D eigenvalue weighted by Gasteiger charge is -2.41. The number of halogens is 2. The smallest absolute Gasteiger partial charge is 0.233 e. The number of methoxy groups -OCH3 is 1. The molecule has 144 valence electrons. The van der Waals surface area contributed by atoms with Crippen LogP contribution < -0.4 is 0 Å². The lowest BCUT2D eigenvalue weighted by molar-refractivity contribution is -0.291. The number of benzene rings is 1. The molecular weight excluding hydrogens is 389 g/mol.